The highest BCUT2D eigenvalue weighted by Crippen LogP contribution is 2.48. The summed E-state index contributed by atoms with van der Waals surface area (Å²) in [6.45, 7) is 4.56. The normalized spacial score (nSPS) is 20.9. The van der Waals surface area contributed by atoms with Crippen LogP contribution in [0.3, 0.4) is 0 Å². The SMILES string of the molecule is CCCOC(=O)C1C(C)=NC2=C(C(=O)C[C@H](c3ccccc3)C2)[C@H]1c1ccccc1OCc1ccccc1. The lowest BCUT2D eigenvalue weighted by molar-refractivity contribution is -0.146. The number of hydrogen-bond acceptors (Lipinski definition) is 5. The van der Waals surface area contributed by atoms with Gasteiger partial charge in [-0.25, -0.2) is 0 Å². The summed E-state index contributed by atoms with van der Waals surface area (Å²) in [5, 5.41) is 0. The van der Waals surface area contributed by atoms with Gasteiger partial charge in [0.15, 0.2) is 5.78 Å². The number of hydrogen-bond donors (Lipinski definition) is 0. The van der Waals surface area contributed by atoms with Crippen LogP contribution in [0.4, 0.5) is 0 Å². The molecule has 0 saturated heterocycles. The molecule has 5 rings (SSSR count). The third-order valence-corrected chi connectivity index (χ3v) is 7.35. The second kappa shape index (κ2) is 11.6. The fraction of sp³-hybridized carbons (Fsp3) is 0.303. The van der Waals surface area contributed by atoms with E-state index in [4.69, 9.17) is 14.5 Å². The third kappa shape index (κ3) is 5.33. The van der Waals surface area contributed by atoms with E-state index in [0.717, 1.165) is 28.8 Å². The molecular formula is C33H33NO4. The summed E-state index contributed by atoms with van der Waals surface area (Å²) in [7, 11) is 0. The molecule has 1 aliphatic heterocycles. The van der Waals surface area contributed by atoms with Gasteiger partial charge in [-0.15, -0.1) is 0 Å². The molecule has 1 aliphatic carbocycles. The number of carbonyl (C=O) groups is 2. The maximum absolute atomic E-state index is 13.9. The Morgan fingerprint density at radius 1 is 0.921 bits per heavy atom. The van der Waals surface area contributed by atoms with E-state index < -0.39 is 11.8 Å². The highest BCUT2D eigenvalue weighted by Gasteiger charge is 2.45. The lowest BCUT2D eigenvalue weighted by atomic mass is 9.69. The van der Waals surface area contributed by atoms with Crippen LogP contribution >= 0.6 is 0 Å². The fourth-order valence-electron chi connectivity index (χ4n) is 5.56. The second-order valence-corrected chi connectivity index (χ2v) is 9.99. The van der Waals surface area contributed by atoms with E-state index >= 15 is 0 Å². The summed E-state index contributed by atoms with van der Waals surface area (Å²) >= 11 is 0. The van der Waals surface area contributed by atoms with Crippen molar-refractivity contribution in [3.05, 3.63) is 113 Å². The number of ether oxygens (including phenoxy) is 2. The molecule has 0 spiro atoms. The fourth-order valence-corrected chi connectivity index (χ4v) is 5.56. The van der Waals surface area contributed by atoms with Crippen molar-refractivity contribution in [3.8, 4) is 5.75 Å². The second-order valence-electron chi connectivity index (χ2n) is 9.99. The van der Waals surface area contributed by atoms with Gasteiger partial charge in [0.25, 0.3) is 0 Å². The number of para-hydroxylation sites is 1. The molecule has 0 amide bonds. The zero-order chi connectivity index (χ0) is 26.5. The average molecular weight is 508 g/mol. The van der Waals surface area contributed by atoms with Crippen molar-refractivity contribution in [3.63, 3.8) is 0 Å². The van der Waals surface area contributed by atoms with Gasteiger partial charge in [-0.1, -0.05) is 85.8 Å². The summed E-state index contributed by atoms with van der Waals surface area (Å²) in [6.07, 6.45) is 1.77. The number of benzene rings is 3. The highest BCUT2D eigenvalue weighted by atomic mass is 16.5. The molecule has 194 valence electrons. The standard InChI is InChI=1S/C33H33NO4/c1-3-18-37-33(36)30-22(2)34-27-19-25(24-14-8-5-9-15-24)20-28(35)32(27)31(30)26-16-10-11-17-29(26)38-21-23-12-6-4-7-13-23/h4-17,25,30-31H,3,18-21H2,1-2H3/t25-,30?,31+/m1/s1. The van der Waals surface area contributed by atoms with E-state index in [2.05, 4.69) is 12.1 Å². The maximum atomic E-state index is 13.9. The van der Waals surface area contributed by atoms with Gasteiger partial charge in [-0.3, -0.25) is 14.6 Å². The lowest BCUT2D eigenvalue weighted by Crippen LogP contribution is -2.38. The Bertz CT molecular complexity index is 1360. The molecule has 5 nitrogen and oxygen atoms in total. The van der Waals surface area contributed by atoms with Crippen LogP contribution in [0, 0.1) is 5.92 Å². The first-order valence-corrected chi connectivity index (χ1v) is 13.4. The van der Waals surface area contributed by atoms with Crippen LogP contribution in [0.2, 0.25) is 0 Å². The van der Waals surface area contributed by atoms with Gasteiger partial charge in [-0.2, -0.15) is 0 Å². The highest BCUT2D eigenvalue weighted by molar-refractivity contribution is 6.09. The molecule has 0 saturated carbocycles. The van der Waals surface area contributed by atoms with E-state index in [-0.39, 0.29) is 17.7 Å². The predicted molar refractivity (Wildman–Crippen MR) is 148 cm³/mol. The van der Waals surface area contributed by atoms with E-state index in [9.17, 15) is 9.59 Å². The monoisotopic (exact) mass is 507 g/mol. The van der Waals surface area contributed by atoms with Gasteiger partial charge in [0.1, 0.15) is 18.3 Å². The molecule has 0 fully saturated rings. The zero-order valence-electron chi connectivity index (χ0n) is 21.9. The summed E-state index contributed by atoms with van der Waals surface area (Å²) in [5.41, 5.74) is 5.06. The topological polar surface area (TPSA) is 65.0 Å². The first kappa shape index (κ1) is 25.7. The predicted octanol–water partition coefficient (Wildman–Crippen LogP) is 6.79. The van der Waals surface area contributed by atoms with Gasteiger partial charge < -0.3 is 9.47 Å². The van der Waals surface area contributed by atoms with Crippen molar-refractivity contribution in [1.29, 1.82) is 0 Å². The minimum Gasteiger partial charge on any atom is -0.489 e. The average Bonchev–Trinajstić information content (AvgIpc) is 2.95. The van der Waals surface area contributed by atoms with Crippen LogP contribution < -0.4 is 4.74 Å². The van der Waals surface area contributed by atoms with Crippen LogP contribution in [0.1, 0.15) is 61.6 Å². The molecule has 38 heavy (non-hydrogen) atoms. The van der Waals surface area contributed by atoms with E-state index in [1.54, 1.807) is 0 Å². The van der Waals surface area contributed by atoms with Crippen molar-refractivity contribution < 1.29 is 19.1 Å². The number of allylic oxidation sites excluding steroid dienone is 2. The number of aliphatic imine (C=N–C) groups is 1. The number of esters is 1. The van der Waals surface area contributed by atoms with Crippen LogP contribution in [0.25, 0.3) is 0 Å². The molecule has 5 heteroatoms. The Kier molecular flexibility index (Phi) is 7.83. The van der Waals surface area contributed by atoms with Crippen LogP contribution in [-0.2, 0) is 20.9 Å². The lowest BCUT2D eigenvalue weighted by Gasteiger charge is -2.37. The van der Waals surface area contributed by atoms with Crippen LogP contribution in [0.5, 0.6) is 5.75 Å². The number of ketones is 1. The number of nitrogens with zero attached hydrogens (tertiary/aromatic N) is 1. The molecule has 0 bridgehead atoms. The van der Waals surface area contributed by atoms with Crippen LogP contribution in [-0.4, -0.2) is 24.1 Å². The van der Waals surface area contributed by atoms with Crippen molar-refractivity contribution in [2.24, 2.45) is 10.9 Å². The summed E-state index contributed by atoms with van der Waals surface area (Å²) in [6, 6.07) is 27.8. The van der Waals surface area contributed by atoms with Crippen molar-refractivity contribution in [2.75, 3.05) is 6.61 Å². The van der Waals surface area contributed by atoms with Crippen LogP contribution in [0.15, 0.2) is 101 Å². The maximum Gasteiger partial charge on any atom is 0.315 e. The first-order valence-electron chi connectivity index (χ1n) is 13.4. The number of carbonyl (C=O) groups excluding carboxylic acids is 2. The van der Waals surface area contributed by atoms with E-state index in [0.29, 0.717) is 43.1 Å². The largest absolute Gasteiger partial charge is 0.489 e. The molecule has 3 atom stereocenters. The third-order valence-electron chi connectivity index (χ3n) is 7.35. The Morgan fingerprint density at radius 3 is 2.34 bits per heavy atom. The Labute approximate surface area is 224 Å². The van der Waals surface area contributed by atoms with Gasteiger partial charge in [-0.05, 0) is 42.9 Å². The Balaban J connectivity index is 1.56. The molecule has 3 aromatic carbocycles. The van der Waals surface area contributed by atoms with Crippen molar-refractivity contribution in [1.82, 2.24) is 0 Å². The molecule has 1 unspecified atom stereocenters. The van der Waals surface area contributed by atoms with Gasteiger partial charge >= 0.3 is 5.97 Å². The molecule has 0 radical (unpaired) electrons. The van der Waals surface area contributed by atoms with E-state index in [1.165, 1.54) is 0 Å². The smallest absolute Gasteiger partial charge is 0.315 e. The Hall–Kier alpha value is -3.99. The summed E-state index contributed by atoms with van der Waals surface area (Å²) in [5.74, 6) is -0.781. The quantitative estimate of drug-likeness (QED) is 0.315. The molecule has 2 aliphatic rings. The van der Waals surface area contributed by atoms with Crippen molar-refractivity contribution in [2.45, 2.75) is 51.6 Å². The number of rotatable bonds is 8. The molecule has 0 N–H and O–H groups in total. The van der Waals surface area contributed by atoms with Crippen molar-refractivity contribution >= 4 is 17.5 Å². The minimum atomic E-state index is -0.681. The van der Waals surface area contributed by atoms with Gasteiger partial charge in [0.05, 0.1) is 6.61 Å². The number of Topliss-reactive ketones (excluding diaryl/α,β-unsaturated/α-hetero) is 1. The molecular weight excluding hydrogens is 474 g/mol. The zero-order valence-corrected chi connectivity index (χ0v) is 21.9. The molecule has 3 aromatic rings. The minimum absolute atomic E-state index is 0.0347. The molecule has 0 aromatic heterocycles. The summed E-state index contributed by atoms with van der Waals surface area (Å²) < 4.78 is 11.9. The van der Waals surface area contributed by atoms with E-state index in [1.807, 2.05) is 86.6 Å². The van der Waals surface area contributed by atoms with Gasteiger partial charge in [0.2, 0.25) is 0 Å². The Morgan fingerprint density at radius 2 is 1.61 bits per heavy atom. The first-order chi connectivity index (χ1) is 18.6. The summed E-state index contributed by atoms with van der Waals surface area (Å²) in [4.78, 5) is 32.2. The molecule has 1 heterocycles. The van der Waals surface area contributed by atoms with Gasteiger partial charge in [0, 0.05) is 34.9 Å².